The van der Waals surface area contributed by atoms with Gasteiger partial charge in [0.25, 0.3) is 0 Å². The number of hydrogen-bond acceptors (Lipinski definition) is 2. The summed E-state index contributed by atoms with van der Waals surface area (Å²) in [5.74, 6) is 0. The van der Waals surface area contributed by atoms with Crippen LogP contribution in [-0.2, 0) is 0 Å². The van der Waals surface area contributed by atoms with Gasteiger partial charge in [-0.1, -0.05) is 11.6 Å². The van der Waals surface area contributed by atoms with Crippen LogP contribution in [0.2, 0.25) is 5.02 Å². The molecule has 2 N–H and O–H groups in total. The van der Waals surface area contributed by atoms with Gasteiger partial charge in [0, 0.05) is 24.7 Å². The maximum absolute atomic E-state index is 5.96. The van der Waals surface area contributed by atoms with Gasteiger partial charge in [-0.25, -0.2) is 0 Å². The van der Waals surface area contributed by atoms with Crippen molar-refractivity contribution in [3.63, 3.8) is 0 Å². The minimum absolute atomic E-state index is 0.813. The molecule has 12 heavy (non-hydrogen) atoms. The largest absolute Gasteiger partial charge is 0.398 e. The van der Waals surface area contributed by atoms with Crippen LogP contribution in [0.15, 0.2) is 17.5 Å². The molecule has 0 bridgehead atoms. The van der Waals surface area contributed by atoms with E-state index in [1.54, 1.807) is 11.3 Å². The number of halogens is 2. The second kappa shape index (κ2) is 3.05. The normalized spacial score (nSPS) is 10.8. The maximum Gasteiger partial charge on any atom is 0.0592 e. The van der Waals surface area contributed by atoms with Crippen LogP contribution in [-0.4, -0.2) is 0 Å². The van der Waals surface area contributed by atoms with Crippen LogP contribution in [0.4, 0.5) is 5.69 Å². The van der Waals surface area contributed by atoms with Crippen molar-refractivity contribution in [1.29, 1.82) is 0 Å². The number of rotatable bonds is 0. The van der Waals surface area contributed by atoms with Crippen molar-refractivity contribution in [1.82, 2.24) is 0 Å². The van der Waals surface area contributed by atoms with E-state index in [0.29, 0.717) is 0 Å². The Bertz CT molecular complexity index is 438. The molecule has 0 spiro atoms. The second-order valence-corrected chi connectivity index (χ2v) is 4.93. The van der Waals surface area contributed by atoms with Crippen LogP contribution in [0.5, 0.6) is 0 Å². The zero-order valence-electron chi connectivity index (χ0n) is 5.97. The highest BCUT2D eigenvalue weighted by molar-refractivity contribution is 14.1. The molecular weight excluding hydrogens is 305 g/mol. The molecule has 0 fully saturated rings. The molecule has 62 valence electrons. The van der Waals surface area contributed by atoms with E-state index >= 15 is 0 Å². The van der Waals surface area contributed by atoms with Crippen molar-refractivity contribution >= 4 is 61.3 Å². The Morgan fingerprint density at radius 2 is 2.17 bits per heavy atom. The summed E-state index contributed by atoms with van der Waals surface area (Å²) in [7, 11) is 0. The lowest BCUT2D eigenvalue weighted by Gasteiger charge is -1.97. The predicted molar refractivity (Wildman–Crippen MR) is 64.0 cm³/mol. The molecule has 1 aromatic carbocycles. The van der Waals surface area contributed by atoms with E-state index in [1.807, 2.05) is 17.5 Å². The number of anilines is 1. The van der Waals surface area contributed by atoms with Crippen LogP contribution >= 0.6 is 45.5 Å². The number of nitrogens with two attached hydrogens (primary N) is 1. The molecule has 1 heterocycles. The standard InChI is InChI=1S/C8H5ClINS/c9-5-3-12-8-2-7(11)6(10)1-4(5)8/h1-3H,11H2. The zero-order chi connectivity index (χ0) is 8.72. The maximum atomic E-state index is 5.96. The van der Waals surface area contributed by atoms with Gasteiger partial charge in [0.15, 0.2) is 0 Å². The summed E-state index contributed by atoms with van der Waals surface area (Å²) in [5.41, 5.74) is 6.57. The molecular formula is C8H5ClINS. The van der Waals surface area contributed by atoms with Crippen molar-refractivity contribution in [2.45, 2.75) is 0 Å². The molecule has 0 amide bonds. The molecule has 0 aliphatic carbocycles. The molecule has 2 aromatic rings. The summed E-state index contributed by atoms with van der Waals surface area (Å²) < 4.78 is 2.21. The first kappa shape index (κ1) is 8.59. The first-order chi connectivity index (χ1) is 5.68. The van der Waals surface area contributed by atoms with Crippen molar-refractivity contribution < 1.29 is 0 Å². The predicted octanol–water partition coefficient (Wildman–Crippen LogP) is 3.74. The van der Waals surface area contributed by atoms with Gasteiger partial charge in [-0.15, -0.1) is 11.3 Å². The summed E-state index contributed by atoms with van der Waals surface area (Å²) >= 11 is 9.79. The van der Waals surface area contributed by atoms with Crippen LogP contribution < -0.4 is 5.73 Å². The molecule has 0 aliphatic heterocycles. The molecule has 4 heteroatoms. The highest BCUT2D eigenvalue weighted by Gasteiger charge is 2.04. The molecule has 0 radical (unpaired) electrons. The number of thiophene rings is 1. The third kappa shape index (κ3) is 1.30. The lowest BCUT2D eigenvalue weighted by molar-refractivity contribution is 1.72. The lowest BCUT2D eigenvalue weighted by atomic mass is 10.2. The van der Waals surface area contributed by atoms with E-state index in [2.05, 4.69) is 22.6 Å². The summed E-state index contributed by atoms with van der Waals surface area (Å²) in [6, 6.07) is 3.98. The van der Waals surface area contributed by atoms with Crippen LogP contribution in [0.25, 0.3) is 10.1 Å². The van der Waals surface area contributed by atoms with Gasteiger partial charge in [0.05, 0.1) is 5.02 Å². The minimum Gasteiger partial charge on any atom is -0.398 e. The summed E-state index contributed by atoms with van der Waals surface area (Å²) in [5, 5.41) is 3.84. The Morgan fingerprint density at radius 3 is 2.92 bits per heavy atom. The summed E-state index contributed by atoms with van der Waals surface area (Å²) in [6.07, 6.45) is 0. The van der Waals surface area contributed by atoms with E-state index in [9.17, 15) is 0 Å². The Kier molecular flexibility index (Phi) is 2.18. The number of fused-ring (bicyclic) bond motifs is 1. The molecule has 1 aromatic heterocycles. The Balaban J connectivity index is 2.87. The SMILES string of the molecule is Nc1cc2scc(Cl)c2cc1I. The molecule has 0 unspecified atom stereocenters. The molecule has 0 saturated heterocycles. The summed E-state index contributed by atoms with van der Waals surface area (Å²) in [6.45, 7) is 0. The fourth-order valence-electron chi connectivity index (χ4n) is 1.03. The van der Waals surface area contributed by atoms with Crippen LogP contribution in [0, 0.1) is 3.57 Å². The van der Waals surface area contributed by atoms with Crippen molar-refractivity contribution in [2.75, 3.05) is 5.73 Å². The van der Waals surface area contributed by atoms with Crippen molar-refractivity contribution in [3.05, 3.63) is 26.1 Å². The van der Waals surface area contributed by atoms with E-state index in [1.165, 1.54) is 0 Å². The van der Waals surface area contributed by atoms with Gasteiger partial charge in [0.1, 0.15) is 0 Å². The van der Waals surface area contributed by atoms with Crippen molar-refractivity contribution in [3.8, 4) is 0 Å². The van der Waals surface area contributed by atoms with Gasteiger partial charge in [0.2, 0.25) is 0 Å². The fourth-order valence-corrected chi connectivity index (χ4v) is 2.69. The number of nitrogen functional groups attached to an aromatic ring is 1. The fraction of sp³-hybridized carbons (Fsp3) is 0. The first-order valence-corrected chi connectivity index (χ1v) is 5.64. The smallest absolute Gasteiger partial charge is 0.0592 e. The van der Waals surface area contributed by atoms with Crippen LogP contribution in [0.3, 0.4) is 0 Å². The molecule has 2 rings (SSSR count). The number of benzene rings is 1. The number of hydrogen-bond donors (Lipinski definition) is 1. The lowest BCUT2D eigenvalue weighted by Crippen LogP contribution is -1.87. The topological polar surface area (TPSA) is 26.0 Å². The average molecular weight is 310 g/mol. The Hall–Kier alpha value is -0.000000000000000111. The third-order valence-corrected chi connectivity index (χ3v) is 3.97. The van der Waals surface area contributed by atoms with E-state index in [-0.39, 0.29) is 0 Å². The van der Waals surface area contributed by atoms with Crippen LogP contribution in [0.1, 0.15) is 0 Å². The molecule has 0 atom stereocenters. The first-order valence-electron chi connectivity index (χ1n) is 3.30. The van der Waals surface area contributed by atoms with Gasteiger partial charge in [-0.05, 0) is 34.7 Å². The van der Waals surface area contributed by atoms with E-state index in [0.717, 1.165) is 24.4 Å². The third-order valence-electron chi connectivity index (χ3n) is 1.65. The molecule has 0 aliphatic rings. The van der Waals surface area contributed by atoms with Gasteiger partial charge in [-0.3, -0.25) is 0 Å². The highest BCUT2D eigenvalue weighted by atomic mass is 127. The molecule has 1 nitrogen and oxygen atoms in total. The van der Waals surface area contributed by atoms with Crippen molar-refractivity contribution in [2.24, 2.45) is 0 Å². The average Bonchev–Trinajstić information content (AvgIpc) is 2.35. The van der Waals surface area contributed by atoms with E-state index in [4.69, 9.17) is 17.3 Å². The Morgan fingerprint density at radius 1 is 1.42 bits per heavy atom. The molecule has 0 saturated carbocycles. The monoisotopic (exact) mass is 309 g/mol. The highest BCUT2D eigenvalue weighted by Crippen LogP contribution is 2.33. The van der Waals surface area contributed by atoms with Gasteiger partial charge >= 0.3 is 0 Å². The van der Waals surface area contributed by atoms with Gasteiger partial charge in [-0.2, -0.15) is 0 Å². The van der Waals surface area contributed by atoms with Gasteiger partial charge < -0.3 is 5.73 Å². The second-order valence-electron chi connectivity index (χ2n) is 2.45. The summed E-state index contributed by atoms with van der Waals surface area (Å²) in [4.78, 5) is 0. The van der Waals surface area contributed by atoms with E-state index < -0.39 is 0 Å². The Labute approximate surface area is 92.7 Å². The quantitative estimate of drug-likeness (QED) is 0.582. The minimum atomic E-state index is 0.813. The zero-order valence-corrected chi connectivity index (χ0v) is 9.70.